The summed E-state index contributed by atoms with van der Waals surface area (Å²) in [6, 6.07) is 1.07. The average molecular weight is 202 g/mol. The van der Waals surface area contributed by atoms with Crippen molar-refractivity contribution in [1.29, 1.82) is 0 Å². The number of hydroxylamine groups is 1. The highest BCUT2D eigenvalue weighted by molar-refractivity contribution is 4.77. The molecule has 0 amide bonds. The molecule has 0 aromatic rings. The molecule has 1 fully saturated rings. The van der Waals surface area contributed by atoms with Gasteiger partial charge in [0.1, 0.15) is 0 Å². The van der Waals surface area contributed by atoms with Gasteiger partial charge in [-0.05, 0) is 32.7 Å². The Morgan fingerprint density at radius 1 is 1.50 bits per heavy atom. The summed E-state index contributed by atoms with van der Waals surface area (Å²) in [5.41, 5.74) is 3.02. The van der Waals surface area contributed by atoms with Crippen molar-refractivity contribution in [1.82, 2.24) is 10.8 Å². The third kappa shape index (κ3) is 4.91. The average Bonchev–Trinajstić information content (AvgIpc) is 2.65. The lowest BCUT2D eigenvalue weighted by atomic mass is 10.1. The maximum atomic E-state index is 5.24. The van der Waals surface area contributed by atoms with E-state index in [0.29, 0.717) is 25.3 Å². The number of hydrogen-bond donors (Lipinski definition) is 2. The van der Waals surface area contributed by atoms with Gasteiger partial charge in [-0.2, -0.15) is 5.48 Å². The maximum absolute atomic E-state index is 5.24. The second-order valence-electron chi connectivity index (χ2n) is 3.89. The van der Waals surface area contributed by atoms with Crippen molar-refractivity contribution in [3.63, 3.8) is 0 Å². The van der Waals surface area contributed by atoms with E-state index in [9.17, 15) is 0 Å². The Kier molecular flexibility index (Phi) is 6.10. The molecule has 0 spiro atoms. The first-order chi connectivity index (χ1) is 6.83. The lowest BCUT2D eigenvalue weighted by Gasteiger charge is -2.17. The molecular weight excluding hydrogens is 180 g/mol. The lowest BCUT2D eigenvalue weighted by molar-refractivity contribution is -0.0113. The van der Waals surface area contributed by atoms with Crippen molar-refractivity contribution in [2.24, 2.45) is 0 Å². The van der Waals surface area contributed by atoms with Crippen LogP contribution in [0.1, 0.15) is 26.2 Å². The van der Waals surface area contributed by atoms with E-state index >= 15 is 0 Å². The summed E-state index contributed by atoms with van der Waals surface area (Å²) >= 11 is 0. The van der Waals surface area contributed by atoms with E-state index in [0.717, 1.165) is 6.42 Å². The van der Waals surface area contributed by atoms with Crippen LogP contribution in [0, 0.1) is 0 Å². The molecule has 84 valence electrons. The van der Waals surface area contributed by atoms with Gasteiger partial charge < -0.3 is 10.1 Å². The van der Waals surface area contributed by atoms with Gasteiger partial charge in [-0.25, -0.2) is 0 Å². The molecule has 1 aliphatic rings. The fourth-order valence-electron chi connectivity index (χ4n) is 1.76. The second kappa shape index (κ2) is 7.17. The molecule has 0 radical (unpaired) electrons. The Labute approximate surface area is 86.3 Å². The molecule has 1 rings (SSSR count). The van der Waals surface area contributed by atoms with Crippen molar-refractivity contribution in [3.05, 3.63) is 0 Å². The SMILES string of the molecule is COCCONC(C)CC1CCCN1. The Bertz CT molecular complexity index is 138. The van der Waals surface area contributed by atoms with E-state index < -0.39 is 0 Å². The molecule has 4 heteroatoms. The Morgan fingerprint density at radius 2 is 2.36 bits per heavy atom. The van der Waals surface area contributed by atoms with Crippen molar-refractivity contribution in [2.75, 3.05) is 26.9 Å². The second-order valence-corrected chi connectivity index (χ2v) is 3.89. The molecule has 0 bridgehead atoms. The third-order valence-electron chi connectivity index (χ3n) is 2.47. The molecular formula is C10H22N2O2. The highest BCUT2D eigenvalue weighted by atomic mass is 16.7. The van der Waals surface area contributed by atoms with Gasteiger partial charge >= 0.3 is 0 Å². The van der Waals surface area contributed by atoms with Gasteiger partial charge in [0.2, 0.25) is 0 Å². The molecule has 14 heavy (non-hydrogen) atoms. The van der Waals surface area contributed by atoms with E-state index in [4.69, 9.17) is 9.57 Å². The first-order valence-corrected chi connectivity index (χ1v) is 5.42. The zero-order valence-electron chi connectivity index (χ0n) is 9.21. The predicted octanol–water partition coefficient (Wildman–Crippen LogP) is 0.685. The van der Waals surface area contributed by atoms with Crippen LogP contribution in [0.4, 0.5) is 0 Å². The van der Waals surface area contributed by atoms with E-state index in [1.807, 2.05) is 0 Å². The summed E-state index contributed by atoms with van der Waals surface area (Å²) in [4.78, 5) is 5.24. The van der Waals surface area contributed by atoms with Crippen LogP contribution in [-0.2, 0) is 9.57 Å². The molecule has 1 heterocycles. The van der Waals surface area contributed by atoms with Crippen LogP contribution in [0.2, 0.25) is 0 Å². The molecule has 2 N–H and O–H groups in total. The quantitative estimate of drug-likeness (QED) is 0.471. The minimum absolute atomic E-state index is 0.405. The number of ether oxygens (including phenoxy) is 1. The molecule has 0 aromatic carbocycles. The topological polar surface area (TPSA) is 42.5 Å². The Hall–Kier alpha value is -0.160. The monoisotopic (exact) mass is 202 g/mol. The standard InChI is InChI=1S/C10H22N2O2/c1-9(12-14-7-6-13-2)8-10-4-3-5-11-10/h9-12H,3-8H2,1-2H3. The van der Waals surface area contributed by atoms with Crippen molar-refractivity contribution in [3.8, 4) is 0 Å². The van der Waals surface area contributed by atoms with Crippen molar-refractivity contribution >= 4 is 0 Å². The van der Waals surface area contributed by atoms with E-state index in [1.165, 1.54) is 19.4 Å². The molecule has 0 aromatic heterocycles. The molecule has 2 atom stereocenters. The van der Waals surface area contributed by atoms with Crippen molar-refractivity contribution < 1.29 is 9.57 Å². The summed E-state index contributed by atoms with van der Waals surface area (Å²) in [5, 5.41) is 3.47. The van der Waals surface area contributed by atoms with Crippen LogP contribution in [0.15, 0.2) is 0 Å². The molecule has 4 nitrogen and oxygen atoms in total. The van der Waals surface area contributed by atoms with Crippen LogP contribution in [0.25, 0.3) is 0 Å². The predicted molar refractivity (Wildman–Crippen MR) is 56.1 cm³/mol. The highest BCUT2D eigenvalue weighted by Gasteiger charge is 2.16. The fraction of sp³-hybridized carbons (Fsp3) is 1.00. The summed E-state index contributed by atoms with van der Waals surface area (Å²) < 4.78 is 4.88. The molecule has 1 aliphatic heterocycles. The van der Waals surface area contributed by atoms with Crippen LogP contribution in [-0.4, -0.2) is 39.0 Å². The van der Waals surface area contributed by atoms with Gasteiger partial charge in [0.25, 0.3) is 0 Å². The molecule has 1 saturated heterocycles. The van der Waals surface area contributed by atoms with E-state index in [1.54, 1.807) is 7.11 Å². The number of hydrogen-bond acceptors (Lipinski definition) is 4. The van der Waals surface area contributed by atoms with Crippen molar-refractivity contribution in [2.45, 2.75) is 38.3 Å². The minimum Gasteiger partial charge on any atom is -0.382 e. The first-order valence-electron chi connectivity index (χ1n) is 5.42. The van der Waals surface area contributed by atoms with Gasteiger partial charge in [0, 0.05) is 19.2 Å². The zero-order valence-corrected chi connectivity index (χ0v) is 9.21. The van der Waals surface area contributed by atoms with E-state index in [-0.39, 0.29) is 0 Å². The summed E-state index contributed by atoms with van der Waals surface area (Å²) in [6.45, 7) is 4.56. The fourth-order valence-corrected chi connectivity index (χ4v) is 1.76. The molecule has 2 unspecified atom stereocenters. The number of nitrogens with one attached hydrogen (secondary N) is 2. The van der Waals surface area contributed by atoms with E-state index in [2.05, 4.69) is 17.7 Å². The zero-order chi connectivity index (χ0) is 10.2. The van der Waals surface area contributed by atoms with Gasteiger partial charge in [-0.3, -0.25) is 4.84 Å². The smallest absolute Gasteiger partial charge is 0.0915 e. The van der Waals surface area contributed by atoms with Gasteiger partial charge in [0.15, 0.2) is 0 Å². The van der Waals surface area contributed by atoms with Gasteiger partial charge in [0.05, 0.1) is 13.2 Å². The Morgan fingerprint density at radius 3 is 3.00 bits per heavy atom. The first kappa shape index (κ1) is 11.9. The molecule has 0 saturated carbocycles. The van der Waals surface area contributed by atoms with Crippen LogP contribution in [0.5, 0.6) is 0 Å². The summed E-state index contributed by atoms with van der Waals surface area (Å²) in [5.74, 6) is 0. The normalized spacial score (nSPS) is 24.0. The minimum atomic E-state index is 0.405. The largest absolute Gasteiger partial charge is 0.382 e. The van der Waals surface area contributed by atoms with Gasteiger partial charge in [-0.1, -0.05) is 0 Å². The molecule has 0 aliphatic carbocycles. The van der Waals surface area contributed by atoms with Crippen LogP contribution in [0.3, 0.4) is 0 Å². The van der Waals surface area contributed by atoms with Crippen LogP contribution >= 0.6 is 0 Å². The third-order valence-corrected chi connectivity index (χ3v) is 2.47. The van der Waals surface area contributed by atoms with Gasteiger partial charge in [-0.15, -0.1) is 0 Å². The summed E-state index contributed by atoms with van der Waals surface area (Å²) in [7, 11) is 1.68. The highest BCUT2D eigenvalue weighted by Crippen LogP contribution is 2.10. The number of rotatable bonds is 7. The lowest BCUT2D eigenvalue weighted by Crippen LogP contribution is -2.34. The Balaban J connectivity index is 1.95. The number of methoxy groups -OCH3 is 1. The maximum Gasteiger partial charge on any atom is 0.0915 e. The van der Waals surface area contributed by atoms with Crippen LogP contribution < -0.4 is 10.8 Å². The summed E-state index contributed by atoms with van der Waals surface area (Å²) in [6.07, 6.45) is 3.74.